The molecule has 2 heterocycles. The second-order valence-corrected chi connectivity index (χ2v) is 6.27. The van der Waals surface area contributed by atoms with Crippen molar-refractivity contribution in [2.24, 2.45) is 5.92 Å². The summed E-state index contributed by atoms with van der Waals surface area (Å²) in [5.41, 5.74) is 2.11. The molecule has 0 aliphatic carbocycles. The minimum absolute atomic E-state index is 0. The van der Waals surface area contributed by atoms with E-state index in [1.807, 2.05) is 47.4 Å². The van der Waals surface area contributed by atoms with E-state index in [4.69, 9.17) is 0 Å². The van der Waals surface area contributed by atoms with Crippen LogP contribution in [0.4, 0.5) is 0 Å². The Morgan fingerprint density at radius 2 is 2.17 bits per heavy atom. The van der Waals surface area contributed by atoms with Gasteiger partial charge in [0, 0.05) is 25.2 Å². The molecule has 0 spiro atoms. The van der Waals surface area contributed by atoms with Crippen LogP contribution in [0.25, 0.3) is 5.69 Å². The van der Waals surface area contributed by atoms with Crippen molar-refractivity contribution in [2.75, 3.05) is 13.1 Å². The fourth-order valence-corrected chi connectivity index (χ4v) is 2.93. The van der Waals surface area contributed by atoms with Gasteiger partial charge in [-0.2, -0.15) is 5.10 Å². The lowest BCUT2D eigenvalue weighted by molar-refractivity contribution is -0.122. The molecule has 2 unspecified atom stereocenters. The highest BCUT2D eigenvalue weighted by atomic mass is 35.5. The zero-order valence-corrected chi connectivity index (χ0v) is 14.8. The second-order valence-electron chi connectivity index (χ2n) is 6.27. The largest absolute Gasteiger partial charge is 0.352 e. The SMILES string of the molecule is CC1CCNCC1NC(=O)CCc1cnn(-c2ccccc2)c1.Cl. The van der Waals surface area contributed by atoms with E-state index >= 15 is 0 Å². The number of para-hydroxylation sites is 1. The molecule has 1 amide bonds. The quantitative estimate of drug-likeness (QED) is 0.872. The Morgan fingerprint density at radius 3 is 2.92 bits per heavy atom. The number of halogens is 1. The van der Waals surface area contributed by atoms with E-state index in [-0.39, 0.29) is 24.4 Å². The Balaban J connectivity index is 0.00000208. The molecule has 0 bridgehead atoms. The third kappa shape index (κ3) is 4.82. The Morgan fingerprint density at radius 1 is 1.38 bits per heavy atom. The Labute approximate surface area is 149 Å². The van der Waals surface area contributed by atoms with E-state index in [9.17, 15) is 4.79 Å². The Hall–Kier alpha value is -1.85. The highest BCUT2D eigenvalue weighted by Gasteiger charge is 2.22. The van der Waals surface area contributed by atoms with Crippen molar-refractivity contribution in [3.05, 3.63) is 48.3 Å². The lowest BCUT2D eigenvalue weighted by Gasteiger charge is -2.30. The van der Waals surface area contributed by atoms with Crippen LogP contribution in [0.5, 0.6) is 0 Å². The highest BCUT2D eigenvalue weighted by molar-refractivity contribution is 5.85. The van der Waals surface area contributed by atoms with Gasteiger partial charge in [-0.15, -0.1) is 12.4 Å². The first-order chi connectivity index (χ1) is 11.2. The predicted octanol–water partition coefficient (Wildman–Crippen LogP) is 2.34. The summed E-state index contributed by atoms with van der Waals surface area (Å²) in [5.74, 6) is 0.666. The first kappa shape index (κ1) is 18.5. The average Bonchev–Trinajstić information content (AvgIpc) is 3.05. The van der Waals surface area contributed by atoms with Crippen LogP contribution in [0.2, 0.25) is 0 Å². The lowest BCUT2D eigenvalue weighted by atomic mass is 9.94. The molecule has 1 fully saturated rings. The monoisotopic (exact) mass is 348 g/mol. The number of carbonyl (C=O) groups excluding carboxylic acids is 1. The van der Waals surface area contributed by atoms with Gasteiger partial charge in [0.15, 0.2) is 0 Å². The molecular formula is C18H25ClN4O. The van der Waals surface area contributed by atoms with E-state index in [2.05, 4.69) is 22.7 Å². The molecule has 1 aromatic heterocycles. The van der Waals surface area contributed by atoms with Crippen molar-refractivity contribution < 1.29 is 4.79 Å². The van der Waals surface area contributed by atoms with E-state index in [0.29, 0.717) is 18.8 Å². The minimum atomic E-state index is 0. The van der Waals surface area contributed by atoms with E-state index in [0.717, 1.165) is 30.8 Å². The number of amides is 1. The molecule has 1 aromatic carbocycles. The van der Waals surface area contributed by atoms with Crippen LogP contribution in [-0.2, 0) is 11.2 Å². The van der Waals surface area contributed by atoms with Crippen LogP contribution in [0.3, 0.4) is 0 Å². The summed E-state index contributed by atoms with van der Waals surface area (Å²) in [6, 6.07) is 10.2. The average molecular weight is 349 g/mol. The maximum atomic E-state index is 12.1. The first-order valence-corrected chi connectivity index (χ1v) is 8.31. The topological polar surface area (TPSA) is 58.9 Å². The molecule has 2 N–H and O–H groups in total. The molecule has 1 aliphatic heterocycles. The number of piperidine rings is 1. The van der Waals surface area contributed by atoms with Crippen molar-refractivity contribution in [3.63, 3.8) is 0 Å². The van der Waals surface area contributed by atoms with Crippen molar-refractivity contribution in [2.45, 2.75) is 32.2 Å². The standard InChI is InChI=1S/C18H24N4O.ClH/c1-14-9-10-19-12-17(14)21-18(23)8-7-15-11-20-22(13-15)16-5-3-2-4-6-16;/h2-6,11,13-14,17,19H,7-10,12H2,1H3,(H,21,23);1H. The van der Waals surface area contributed by atoms with Crippen LogP contribution in [0.15, 0.2) is 42.7 Å². The fraction of sp³-hybridized carbons (Fsp3) is 0.444. The number of aromatic nitrogens is 2. The van der Waals surface area contributed by atoms with E-state index < -0.39 is 0 Å². The van der Waals surface area contributed by atoms with Crippen LogP contribution in [-0.4, -0.2) is 34.8 Å². The van der Waals surface area contributed by atoms with Gasteiger partial charge in [-0.25, -0.2) is 4.68 Å². The normalized spacial score (nSPS) is 20.2. The first-order valence-electron chi connectivity index (χ1n) is 8.31. The van der Waals surface area contributed by atoms with Gasteiger partial charge in [-0.05, 0) is 43.0 Å². The smallest absolute Gasteiger partial charge is 0.220 e. The number of rotatable bonds is 5. The summed E-state index contributed by atoms with van der Waals surface area (Å²) in [6.45, 7) is 4.13. The number of nitrogens with zero attached hydrogens (tertiary/aromatic N) is 2. The maximum Gasteiger partial charge on any atom is 0.220 e. The van der Waals surface area contributed by atoms with Gasteiger partial charge in [0.25, 0.3) is 0 Å². The van der Waals surface area contributed by atoms with Gasteiger partial charge >= 0.3 is 0 Å². The summed E-state index contributed by atoms with van der Waals surface area (Å²) in [7, 11) is 0. The number of aryl methyl sites for hydroxylation is 1. The molecule has 2 atom stereocenters. The molecule has 0 radical (unpaired) electrons. The minimum Gasteiger partial charge on any atom is -0.352 e. The number of hydrogen-bond donors (Lipinski definition) is 2. The van der Waals surface area contributed by atoms with Gasteiger partial charge in [0.05, 0.1) is 11.9 Å². The Kier molecular flexibility index (Phi) is 6.82. The third-order valence-electron chi connectivity index (χ3n) is 4.47. The molecule has 130 valence electrons. The summed E-state index contributed by atoms with van der Waals surface area (Å²) < 4.78 is 1.85. The van der Waals surface area contributed by atoms with Crippen molar-refractivity contribution in [3.8, 4) is 5.69 Å². The van der Waals surface area contributed by atoms with Crippen molar-refractivity contribution >= 4 is 18.3 Å². The summed E-state index contributed by atoms with van der Waals surface area (Å²) >= 11 is 0. The molecule has 0 saturated carbocycles. The van der Waals surface area contributed by atoms with Gasteiger partial charge in [0.2, 0.25) is 5.91 Å². The molecule has 1 aliphatic rings. The lowest BCUT2D eigenvalue weighted by Crippen LogP contribution is -2.50. The van der Waals surface area contributed by atoms with Gasteiger partial charge in [0.1, 0.15) is 0 Å². The number of benzene rings is 1. The van der Waals surface area contributed by atoms with E-state index in [1.54, 1.807) is 0 Å². The number of carbonyl (C=O) groups is 1. The van der Waals surface area contributed by atoms with Gasteiger partial charge < -0.3 is 10.6 Å². The molecule has 2 aromatic rings. The zero-order chi connectivity index (χ0) is 16.1. The zero-order valence-electron chi connectivity index (χ0n) is 13.9. The highest BCUT2D eigenvalue weighted by Crippen LogP contribution is 2.12. The van der Waals surface area contributed by atoms with Crippen LogP contribution >= 0.6 is 12.4 Å². The molecule has 6 heteroatoms. The summed E-state index contributed by atoms with van der Waals surface area (Å²) in [4.78, 5) is 12.1. The van der Waals surface area contributed by atoms with Gasteiger partial charge in [-0.1, -0.05) is 25.1 Å². The fourth-order valence-electron chi connectivity index (χ4n) is 2.93. The second kappa shape index (κ2) is 8.85. The maximum absolute atomic E-state index is 12.1. The summed E-state index contributed by atoms with van der Waals surface area (Å²) in [6.07, 6.45) is 6.17. The molecular weight excluding hydrogens is 324 g/mol. The van der Waals surface area contributed by atoms with Crippen molar-refractivity contribution in [1.29, 1.82) is 0 Å². The number of nitrogens with one attached hydrogen (secondary N) is 2. The Bertz CT molecular complexity index is 643. The molecule has 3 rings (SSSR count). The van der Waals surface area contributed by atoms with Gasteiger partial charge in [-0.3, -0.25) is 4.79 Å². The third-order valence-corrected chi connectivity index (χ3v) is 4.47. The molecule has 1 saturated heterocycles. The van der Waals surface area contributed by atoms with Crippen LogP contribution in [0.1, 0.15) is 25.3 Å². The molecule has 24 heavy (non-hydrogen) atoms. The summed E-state index contributed by atoms with van der Waals surface area (Å²) in [5, 5.41) is 10.9. The molecule has 5 nitrogen and oxygen atoms in total. The predicted molar refractivity (Wildman–Crippen MR) is 97.7 cm³/mol. The van der Waals surface area contributed by atoms with E-state index in [1.165, 1.54) is 0 Å². The van der Waals surface area contributed by atoms with Crippen LogP contribution < -0.4 is 10.6 Å². The number of hydrogen-bond acceptors (Lipinski definition) is 3. The van der Waals surface area contributed by atoms with Crippen molar-refractivity contribution in [1.82, 2.24) is 20.4 Å². The van der Waals surface area contributed by atoms with Crippen LogP contribution in [0, 0.1) is 5.92 Å².